The van der Waals surface area contributed by atoms with Gasteiger partial charge in [0.1, 0.15) is 11.6 Å². The average molecular weight is 429 g/mol. The lowest BCUT2D eigenvalue weighted by Gasteiger charge is -2.29. The maximum Gasteiger partial charge on any atom is 0.318 e. The number of benzene rings is 1. The highest BCUT2D eigenvalue weighted by molar-refractivity contribution is 5.74. The highest BCUT2D eigenvalue weighted by atomic mass is 16.5. The Hall–Kier alpha value is -2.83. The second-order valence-corrected chi connectivity index (χ2v) is 9.27. The summed E-state index contributed by atoms with van der Waals surface area (Å²) in [4.78, 5) is 35.0. The van der Waals surface area contributed by atoms with Gasteiger partial charge in [-0.1, -0.05) is 32.9 Å². The number of hydrogen-bond donors (Lipinski definition) is 2. The SMILES string of the molecule is CCc1nc(CN(CC(C)C)C(=O)NC(C)(C)C)[nH]c(=O)c1Cc1ccc(OC)cc1. The maximum atomic E-state index is 12.9. The topological polar surface area (TPSA) is 87.3 Å². The molecule has 1 aromatic carbocycles. The molecule has 7 heteroatoms. The lowest BCUT2D eigenvalue weighted by atomic mass is 10.0. The standard InChI is InChI=1S/C24H36N4O3/c1-8-20-19(13-17-9-11-18(31-7)12-10-17)22(29)26-21(25-20)15-28(14-16(2)3)23(30)27-24(4,5)6/h9-12,16H,8,13-15H2,1-7H3,(H,27,30)(H,25,26,29). The zero-order chi connectivity index (χ0) is 23.2. The average Bonchev–Trinajstić information content (AvgIpc) is 2.68. The molecule has 1 aromatic heterocycles. The van der Waals surface area contributed by atoms with Crippen molar-refractivity contribution < 1.29 is 9.53 Å². The number of H-pyrrole nitrogens is 1. The van der Waals surface area contributed by atoms with Crippen LogP contribution in [0.4, 0.5) is 4.79 Å². The predicted octanol–water partition coefficient (Wildman–Crippen LogP) is 3.90. The number of rotatable bonds is 8. The fourth-order valence-corrected chi connectivity index (χ4v) is 3.33. The third-order valence-corrected chi connectivity index (χ3v) is 4.72. The largest absolute Gasteiger partial charge is 0.497 e. The minimum absolute atomic E-state index is 0.154. The van der Waals surface area contributed by atoms with Crippen LogP contribution in [0.5, 0.6) is 5.75 Å². The van der Waals surface area contributed by atoms with Crippen LogP contribution in [0.15, 0.2) is 29.1 Å². The van der Waals surface area contributed by atoms with Gasteiger partial charge in [0.15, 0.2) is 0 Å². The molecule has 2 rings (SSSR count). The summed E-state index contributed by atoms with van der Waals surface area (Å²) < 4.78 is 5.20. The van der Waals surface area contributed by atoms with Crippen molar-refractivity contribution in [2.75, 3.05) is 13.7 Å². The Labute approximate surface area is 185 Å². The van der Waals surface area contributed by atoms with Gasteiger partial charge in [0.2, 0.25) is 0 Å². The van der Waals surface area contributed by atoms with Gasteiger partial charge >= 0.3 is 6.03 Å². The number of carbonyl (C=O) groups is 1. The monoisotopic (exact) mass is 428 g/mol. The van der Waals surface area contributed by atoms with Crippen molar-refractivity contribution in [2.45, 2.75) is 66.5 Å². The van der Waals surface area contributed by atoms with E-state index < -0.39 is 0 Å². The fourth-order valence-electron chi connectivity index (χ4n) is 3.33. The van der Waals surface area contributed by atoms with E-state index in [0.29, 0.717) is 30.8 Å². The Morgan fingerprint density at radius 1 is 1.23 bits per heavy atom. The molecule has 0 aliphatic heterocycles. The van der Waals surface area contributed by atoms with Crippen LogP contribution in [0.2, 0.25) is 0 Å². The van der Waals surface area contributed by atoms with Gasteiger partial charge < -0.3 is 19.9 Å². The van der Waals surface area contributed by atoms with Crippen LogP contribution in [-0.2, 0) is 19.4 Å². The number of urea groups is 1. The van der Waals surface area contributed by atoms with Gasteiger partial charge in [0, 0.05) is 24.1 Å². The third kappa shape index (κ3) is 7.42. The second-order valence-electron chi connectivity index (χ2n) is 9.27. The molecule has 0 spiro atoms. The Bertz CT molecular complexity index is 927. The van der Waals surface area contributed by atoms with E-state index in [4.69, 9.17) is 9.72 Å². The van der Waals surface area contributed by atoms with E-state index in [1.54, 1.807) is 12.0 Å². The number of methoxy groups -OCH3 is 1. The first kappa shape index (κ1) is 24.4. The normalized spacial score (nSPS) is 11.5. The maximum absolute atomic E-state index is 12.9. The van der Waals surface area contributed by atoms with Gasteiger partial charge in [0.25, 0.3) is 5.56 Å². The molecule has 7 nitrogen and oxygen atoms in total. The minimum Gasteiger partial charge on any atom is -0.497 e. The molecule has 0 atom stereocenters. The molecule has 1 heterocycles. The van der Waals surface area contributed by atoms with Gasteiger partial charge in [-0.05, 0) is 50.8 Å². The number of ether oxygens (including phenoxy) is 1. The van der Waals surface area contributed by atoms with Crippen LogP contribution >= 0.6 is 0 Å². The number of aryl methyl sites for hydroxylation is 1. The first-order chi connectivity index (χ1) is 14.5. The van der Waals surface area contributed by atoms with Gasteiger partial charge in [-0.25, -0.2) is 9.78 Å². The summed E-state index contributed by atoms with van der Waals surface area (Å²) in [6, 6.07) is 7.51. The number of amides is 2. The van der Waals surface area contributed by atoms with E-state index in [1.165, 1.54) is 0 Å². The Kier molecular flexibility index (Phi) is 8.25. The summed E-state index contributed by atoms with van der Waals surface area (Å²) in [5.74, 6) is 1.57. The lowest BCUT2D eigenvalue weighted by Crippen LogP contribution is -2.49. The van der Waals surface area contributed by atoms with E-state index in [9.17, 15) is 9.59 Å². The summed E-state index contributed by atoms with van der Waals surface area (Å²) in [5.41, 5.74) is 1.94. The third-order valence-electron chi connectivity index (χ3n) is 4.72. The zero-order valence-electron chi connectivity index (χ0n) is 19.8. The van der Waals surface area contributed by atoms with Crippen molar-refractivity contribution in [2.24, 2.45) is 5.92 Å². The van der Waals surface area contributed by atoms with Crippen molar-refractivity contribution in [3.8, 4) is 5.75 Å². The van der Waals surface area contributed by atoms with Crippen molar-refractivity contribution in [1.82, 2.24) is 20.2 Å². The molecule has 31 heavy (non-hydrogen) atoms. The molecule has 2 amide bonds. The van der Waals surface area contributed by atoms with Crippen LogP contribution < -0.4 is 15.6 Å². The van der Waals surface area contributed by atoms with Crippen molar-refractivity contribution >= 4 is 6.03 Å². The van der Waals surface area contributed by atoms with Gasteiger partial charge in [-0.2, -0.15) is 0 Å². The molecule has 0 aliphatic carbocycles. The molecule has 0 saturated heterocycles. The molecule has 0 bridgehead atoms. The Morgan fingerprint density at radius 2 is 1.87 bits per heavy atom. The van der Waals surface area contributed by atoms with Crippen molar-refractivity contribution in [3.05, 3.63) is 57.3 Å². The van der Waals surface area contributed by atoms with Crippen LogP contribution in [0.3, 0.4) is 0 Å². The molecule has 0 fully saturated rings. The number of aromatic nitrogens is 2. The number of aromatic amines is 1. The smallest absolute Gasteiger partial charge is 0.318 e. The van der Waals surface area contributed by atoms with Gasteiger partial charge in [0.05, 0.1) is 19.3 Å². The molecule has 0 radical (unpaired) electrons. The molecule has 2 N–H and O–H groups in total. The summed E-state index contributed by atoms with van der Waals surface area (Å²) in [7, 11) is 1.63. The van der Waals surface area contributed by atoms with E-state index in [0.717, 1.165) is 17.0 Å². The summed E-state index contributed by atoms with van der Waals surface area (Å²) >= 11 is 0. The first-order valence-corrected chi connectivity index (χ1v) is 10.8. The van der Waals surface area contributed by atoms with Gasteiger partial charge in [-0.15, -0.1) is 0 Å². The Morgan fingerprint density at radius 3 is 2.39 bits per heavy atom. The number of carbonyl (C=O) groups excluding carboxylic acids is 1. The highest BCUT2D eigenvalue weighted by Crippen LogP contribution is 2.16. The van der Waals surface area contributed by atoms with E-state index in [2.05, 4.69) is 24.1 Å². The van der Waals surface area contributed by atoms with E-state index >= 15 is 0 Å². The molecule has 0 unspecified atom stereocenters. The fraction of sp³-hybridized carbons (Fsp3) is 0.542. The zero-order valence-corrected chi connectivity index (χ0v) is 19.8. The Balaban J connectivity index is 2.28. The number of nitrogens with one attached hydrogen (secondary N) is 2. The van der Waals surface area contributed by atoms with Gasteiger partial charge in [-0.3, -0.25) is 4.79 Å². The molecular formula is C24H36N4O3. The number of hydrogen-bond acceptors (Lipinski definition) is 4. The van der Waals surface area contributed by atoms with Crippen molar-refractivity contribution in [3.63, 3.8) is 0 Å². The van der Waals surface area contributed by atoms with E-state index in [-0.39, 0.29) is 29.6 Å². The lowest BCUT2D eigenvalue weighted by molar-refractivity contribution is 0.177. The molecule has 0 saturated carbocycles. The van der Waals surface area contributed by atoms with Crippen LogP contribution in [-0.4, -0.2) is 40.1 Å². The molecular weight excluding hydrogens is 392 g/mol. The summed E-state index contributed by atoms with van der Waals surface area (Å²) in [6.07, 6.45) is 1.14. The summed E-state index contributed by atoms with van der Waals surface area (Å²) in [5, 5.41) is 3.00. The molecule has 170 valence electrons. The molecule has 2 aromatic rings. The quantitative estimate of drug-likeness (QED) is 0.668. The van der Waals surface area contributed by atoms with Crippen LogP contribution in [0, 0.1) is 5.92 Å². The van der Waals surface area contributed by atoms with E-state index in [1.807, 2.05) is 52.0 Å². The number of nitrogens with zero attached hydrogens (tertiary/aromatic N) is 2. The highest BCUT2D eigenvalue weighted by Gasteiger charge is 2.22. The minimum atomic E-state index is -0.343. The first-order valence-electron chi connectivity index (χ1n) is 10.8. The molecule has 0 aliphatic rings. The second kappa shape index (κ2) is 10.5. The van der Waals surface area contributed by atoms with Crippen LogP contribution in [0.25, 0.3) is 0 Å². The predicted molar refractivity (Wildman–Crippen MR) is 124 cm³/mol. The van der Waals surface area contributed by atoms with Crippen LogP contribution in [0.1, 0.15) is 64.2 Å². The summed E-state index contributed by atoms with van der Waals surface area (Å²) in [6.45, 7) is 12.8. The van der Waals surface area contributed by atoms with Crippen molar-refractivity contribution in [1.29, 1.82) is 0 Å².